The predicted molar refractivity (Wildman–Crippen MR) is 40.5 cm³/mol. The van der Waals surface area contributed by atoms with E-state index in [0.717, 1.165) is 12.2 Å². The minimum absolute atomic E-state index is 0.207. The molecule has 0 saturated carbocycles. The number of aryl methyl sites for hydroxylation is 1. The zero-order chi connectivity index (χ0) is 7.72. The highest BCUT2D eigenvalue weighted by Gasteiger charge is 2.04. The van der Waals surface area contributed by atoms with Crippen LogP contribution in [0.4, 0.5) is 0 Å². The Hall–Kier alpha value is -0.700. The lowest BCUT2D eigenvalue weighted by Gasteiger charge is -1.97. The quantitative estimate of drug-likeness (QED) is 0.658. The van der Waals surface area contributed by atoms with E-state index < -0.39 is 0 Å². The number of nitrogens with zero attached hydrogens (tertiary/aromatic N) is 1. The van der Waals surface area contributed by atoms with Crippen molar-refractivity contribution in [2.45, 2.75) is 20.4 Å². The molecule has 0 aromatic carbocycles. The van der Waals surface area contributed by atoms with Crippen molar-refractivity contribution in [2.75, 3.05) is 0 Å². The maximum absolute atomic E-state index is 10.8. The molecule has 0 radical (unpaired) electrons. The SMILES string of the molecule is CCn1[nH]c(=O)c(Cl)c1C. The highest BCUT2D eigenvalue weighted by molar-refractivity contribution is 6.31. The molecule has 1 N–H and O–H groups in total. The Labute approximate surface area is 63.6 Å². The Bertz CT molecular complexity index is 286. The summed E-state index contributed by atoms with van der Waals surface area (Å²) in [5.41, 5.74) is 0.593. The van der Waals surface area contributed by atoms with Crippen molar-refractivity contribution in [3.8, 4) is 0 Å². The molecule has 10 heavy (non-hydrogen) atoms. The third-order valence-electron chi connectivity index (χ3n) is 1.47. The van der Waals surface area contributed by atoms with E-state index in [0.29, 0.717) is 5.02 Å². The number of halogens is 1. The van der Waals surface area contributed by atoms with Gasteiger partial charge in [0.25, 0.3) is 5.56 Å². The summed E-state index contributed by atoms with van der Waals surface area (Å²) >= 11 is 5.61. The van der Waals surface area contributed by atoms with Crippen LogP contribution >= 0.6 is 11.6 Å². The van der Waals surface area contributed by atoms with Crippen molar-refractivity contribution >= 4 is 11.6 Å². The topological polar surface area (TPSA) is 37.8 Å². The molecular formula is C6H9ClN2O. The Morgan fingerprint density at radius 1 is 1.70 bits per heavy atom. The van der Waals surface area contributed by atoms with Crippen molar-refractivity contribution in [1.82, 2.24) is 9.78 Å². The van der Waals surface area contributed by atoms with E-state index in [1.165, 1.54) is 0 Å². The van der Waals surface area contributed by atoms with Gasteiger partial charge in [-0.05, 0) is 13.8 Å². The first-order valence-electron chi connectivity index (χ1n) is 3.11. The van der Waals surface area contributed by atoms with E-state index in [-0.39, 0.29) is 5.56 Å². The second-order valence-electron chi connectivity index (χ2n) is 2.08. The Morgan fingerprint density at radius 2 is 2.30 bits per heavy atom. The Kier molecular flexibility index (Phi) is 1.85. The molecule has 0 amide bonds. The minimum atomic E-state index is -0.207. The van der Waals surface area contributed by atoms with Gasteiger partial charge in [-0.2, -0.15) is 0 Å². The van der Waals surface area contributed by atoms with E-state index in [1.807, 2.05) is 13.8 Å². The second-order valence-corrected chi connectivity index (χ2v) is 2.46. The lowest BCUT2D eigenvalue weighted by Crippen LogP contribution is -2.04. The third kappa shape index (κ3) is 0.968. The molecule has 0 aliphatic heterocycles. The van der Waals surface area contributed by atoms with Gasteiger partial charge in [0.2, 0.25) is 0 Å². The van der Waals surface area contributed by atoms with Crippen molar-refractivity contribution in [1.29, 1.82) is 0 Å². The number of aromatic nitrogens is 2. The van der Waals surface area contributed by atoms with Crippen LogP contribution in [0.15, 0.2) is 4.79 Å². The van der Waals surface area contributed by atoms with E-state index in [2.05, 4.69) is 5.10 Å². The molecule has 1 aromatic rings. The third-order valence-corrected chi connectivity index (χ3v) is 1.92. The van der Waals surface area contributed by atoms with Crippen molar-refractivity contribution in [3.63, 3.8) is 0 Å². The summed E-state index contributed by atoms with van der Waals surface area (Å²) < 4.78 is 1.71. The predicted octanol–water partition coefficient (Wildman–Crippen LogP) is 1.16. The van der Waals surface area contributed by atoms with Gasteiger partial charge in [0, 0.05) is 6.54 Å². The van der Waals surface area contributed by atoms with Crippen molar-refractivity contribution < 1.29 is 0 Å². The van der Waals surface area contributed by atoms with Crippen LogP contribution in [0.25, 0.3) is 0 Å². The molecule has 56 valence electrons. The minimum Gasteiger partial charge on any atom is -0.288 e. The van der Waals surface area contributed by atoms with Crippen LogP contribution in [-0.2, 0) is 6.54 Å². The molecule has 0 aliphatic rings. The first kappa shape index (κ1) is 7.41. The van der Waals surface area contributed by atoms with Crippen LogP contribution in [0.1, 0.15) is 12.6 Å². The molecule has 3 nitrogen and oxygen atoms in total. The molecule has 0 spiro atoms. The zero-order valence-electron chi connectivity index (χ0n) is 5.94. The second kappa shape index (κ2) is 2.50. The Morgan fingerprint density at radius 3 is 2.50 bits per heavy atom. The number of hydrogen-bond acceptors (Lipinski definition) is 1. The molecular weight excluding hydrogens is 152 g/mol. The zero-order valence-corrected chi connectivity index (χ0v) is 6.70. The summed E-state index contributed by atoms with van der Waals surface area (Å²) in [4.78, 5) is 10.8. The fourth-order valence-corrected chi connectivity index (χ4v) is 0.999. The molecule has 0 saturated heterocycles. The van der Waals surface area contributed by atoms with E-state index >= 15 is 0 Å². The van der Waals surface area contributed by atoms with Gasteiger partial charge < -0.3 is 0 Å². The van der Waals surface area contributed by atoms with Gasteiger partial charge >= 0.3 is 0 Å². The molecule has 1 heterocycles. The molecule has 0 bridgehead atoms. The van der Waals surface area contributed by atoms with Crippen LogP contribution in [0.2, 0.25) is 5.02 Å². The fraction of sp³-hybridized carbons (Fsp3) is 0.500. The largest absolute Gasteiger partial charge is 0.288 e. The summed E-state index contributed by atoms with van der Waals surface area (Å²) in [6.45, 7) is 4.50. The van der Waals surface area contributed by atoms with Crippen LogP contribution in [0.3, 0.4) is 0 Å². The number of rotatable bonds is 1. The van der Waals surface area contributed by atoms with E-state index in [1.54, 1.807) is 4.68 Å². The Balaban J connectivity index is 3.31. The summed E-state index contributed by atoms with van der Waals surface area (Å²) in [7, 11) is 0. The maximum Gasteiger partial charge on any atom is 0.283 e. The van der Waals surface area contributed by atoms with Crippen LogP contribution in [0, 0.1) is 6.92 Å². The highest BCUT2D eigenvalue weighted by atomic mass is 35.5. The van der Waals surface area contributed by atoms with E-state index in [9.17, 15) is 4.79 Å². The van der Waals surface area contributed by atoms with Gasteiger partial charge in [0.1, 0.15) is 5.02 Å². The van der Waals surface area contributed by atoms with Crippen LogP contribution in [0.5, 0.6) is 0 Å². The normalized spacial score (nSPS) is 10.3. The number of nitrogens with one attached hydrogen (secondary N) is 1. The standard InChI is InChI=1S/C6H9ClN2O/c1-3-9-4(2)5(7)6(10)8-9/h3H2,1-2H3,(H,8,10). The summed E-state index contributed by atoms with van der Waals surface area (Å²) in [5, 5.41) is 2.88. The fourth-order valence-electron chi connectivity index (χ4n) is 0.855. The van der Waals surface area contributed by atoms with E-state index in [4.69, 9.17) is 11.6 Å². The van der Waals surface area contributed by atoms with Crippen LogP contribution in [-0.4, -0.2) is 9.78 Å². The molecule has 0 atom stereocenters. The molecule has 0 unspecified atom stereocenters. The maximum atomic E-state index is 10.8. The highest BCUT2D eigenvalue weighted by Crippen LogP contribution is 2.07. The summed E-state index contributed by atoms with van der Waals surface area (Å²) in [6, 6.07) is 0. The van der Waals surface area contributed by atoms with Gasteiger partial charge in [-0.1, -0.05) is 11.6 Å². The number of H-pyrrole nitrogens is 1. The summed E-state index contributed by atoms with van der Waals surface area (Å²) in [6.07, 6.45) is 0. The molecule has 1 rings (SSSR count). The number of hydrogen-bond donors (Lipinski definition) is 1. The van der Waals surface area contributed by atoms with Gasteiger partial charge in [-0.25, -0.2) is 0 Å². The number of aromatic amines is 1. The lowest BCUT2D eigenvalue weighted by atomic mass is 10.5. The van der Waals surface area contributed by atoms with Gasteiger partial charge in [-0.3, -0.25) is 14.6 Å². The van der Waals surface area contributed by atoms with Crippen molar-refractivity contribution in [2.24, 2.45) is 0 Å². The van der Waals surface area contributed by atoms with Crippen LogP contribution < -0.4 is 5.56 Å². The average Bonchev–Trinajstić information content (AvgIpc) is 2.17. The monoisotopic (exact) mass is 160 g/mol. The van der Waals surface area contributed by atoms with Gasteiger partial charge in [-0.15, -0.1) is 0 Å². The molecule has 1 aromatic heterocycles. The van der Waals surface area contributed by atoms with Gasteiger partial charge in [0.15, 0.2) is 0 Å². The average molecular weight is 161 g/mol. The first-order valence-corrected chi connectivity index (χ1v) is 3.49. The van der Waals surface area contributed by atoms with Crippen molar-refractivity contribution in [3.05, 3.63) is 21.1 Å². The molecule has 4 heteroatoms. The van der Waals surface area contributed by atoms with Gasteiger partial charge in [0.05, 0.1) is 5.69 Å². The summed E-state index contributed by atoms with van der Waals surface area (Å²) in [5.74, 6) is 0. The molecule has 0 aliphatic carbocycles. The first-order chi connectivity index (χ1) is 4.66. The smallest absolute Gasteiger partial charge is 0.283 e. The molecule has 0 fully saturated rings. The lowest BCUT2D eigenvalue weighted by molar-refractivity contribution is 0.634.